The number of rotatable bonds is 4. The number of halogens is 2. The normalized spacial score (nSPS) is 27.3. The Morgan fingerprint density at radius 3 is 2.60 bits per heavy atom. The highest BCUT2D eigenvalue weighted by molar-refractivity contribution is 5.24. The van der Waals surface area contributed by atoms with Crippen molar-refractivity contribution in [1.29, 1.82) is 0 Å². The summed E-state index contributed by atoms with van der Waals surface area (Å²) in [5, 5.41) is 3.57. The van der Waals surface area contributed by atoms with Gasteiger partial charge in [0.1, 0.15) is 0 Å². The average molecular weight is 279 g/mol. The van der Waals surface area contributed by atoms with Gasteiger partial charge in [-0.2, -0.15) is 0 Å². The fourth-order valence-electron chi connectivity index (χ4n) is 3.45. The van der Waals surface area contributed by atoms with Gasteiger partial charge in [-0.25, -0.2) is 8.78 Å². The molecule has 0 spiro atoms. The summed E-state index contributed by atoms with van der Waals surface area (Å²) in [6, 6.07) is 5.31. The van der Waals surface area contributed by atoms with Crippen LogP contribution in [0, 0.1) is 17.6 Å². The molecule has 110 valence electrons. The van der Waals surface area contributed by atoms with Gasteiger partial charge < -0.3 is 5.32 Å². The molecular weight excluding hydrogens is 256 g/mol. The highest BCUT2D eigenvalue weighted by Crippen LogP contribution is 2.38. The molecule has 2 fully saturated rings. The smallest absolute Gasteiger partial charge is 0.162 e. The van der Waals surface area contributed by atoms with Gasteiger partial charge in [0.25, 0.3) is 0 Å². The Morgan fingerprint density at radius 2 is 1.80 bits per heavy atom. The van der Waals surface area contributed by atoms with Crippen molar-refractivity contribution < 1.29 is 8.78 Å². The van der Waals surface area contributed by atoms with Crippen LogP contribution in [0.1, 0.15) is 56.4 Å². The lowest BCUT2D eigenvalue weighted by Gasteiger charge is -2.26. The quantitative estimate of drug-likeness (QED) is 0.806. The van der Waals surface area contributed by atoms with E-state index >= 15 is 0 Å². The first-order valence-electron chi connectivity index (χ1n) is 7.93. The van der Waals surface area contributed by atoms with E-state index in [1.165, 1.54) is 31.7 Å². The van der Waals surface area contributed by atoms with E-state index in [1.54, 1.807) is 12.1 Å². The standard InChI is InChI=1S/C17H23F2N/c18-16-8-4-7-15(17(16)19)14-6-3-1-2-5-12(14)11-20-13-9-10-13/h4,7-8,12-14,20H,1-3,5-6,9-11H2. The molecule has 3 rings (SSSR count). The van der Waals surface area contributed by atoms with E-state index in [4.69, 9.17) is 0 Å². The molecule has 0 aliphatic heterocycles. The van der Waals surface area contributed by atoms with E-state index < -0.39 is 11.6 Å². The molecule has 2 saturated carbocycles. The third-order valence-electron chi connectivity index (χ3n) is 4.79. The SMILES string of the molecule is Fc1cccc(C2CCCCCC2CNC2CC2)c1F. The minimum atomic E-state index is -0.708. The second-order valence-electron chi connectivity index (χ2n) is 6.33. The van der Waals surface area contributed by atoms with Gasteiger partial charge in [0, 0.05) is 6.04 Å². The van der Waals surface area contributed by atoms with Crippen molar-refractivity contribution in [3.63, 3.8) is 0 Å². The molecule has 0 saturated heterocycles. The summed E-state index contributed by atoms with van der Waals surface area (Å²) in [5.41, 5.74) is 0.592. The fraction of sp³-hybridized carbons (Fsp3) is 0.647. The summed E-state index contributed by atoms with van der Waals surface area (Å²) >= 11 is 0. The van der Waals surface area contributed by atoms with Crippen LogP contribution in [0.5, 0.6) is 0 Å². The van der Waals surface area contributed by atoms with Crippen LogP contribution in [0.3, 0.4) is 0 Å². The maximum absolute atomic E-state index is 14.1. The molecule has 2 unspecified atom stereocenters. The van der Waals surface area contributed by atoms with E-state index in [0.29, 0.717) is 17.5 Å². The van der Waals surface area contributed by atoms with Crippen molar-refractivity contribution in [1.82, 2.24) is 5.32 Å². The van der Waals surface area contributed by atoms with Gasteiger partial charge in [0.15, 0.2) is 11.6 Å². The molecule has 2 aliphatic rings. The van der Waals surface area contributed by atoms with E-state index in [0.717, 1.165) is 25.8 Å². The molecule has 0 radical (unpaired) electrons. The predicted molar refractivity (Wildman–Crippen MR) is 76.7 cm³/mol. The molecule has 2 atom stereocenters. The van der Waals surface area contributed by atoms with Crippen LogP contribution in [0.4, 0.5) is 8.78 Å². The molecule has 1 aromatic carbocycles. The summed E-state index contributed by atoms with van der Waals surface area (Å²) in [5.74, 6) is -0.731. The van der Waals surface area contributed by atoms with Crippen molar-refractivity contribution >= 4 is 0 Å². The molecule has 1 nitrogen and oxygen atoms in total. The molecule has 3 heteroatoms. The van der Waals surface area contributed by atoms with Gasteiger partial charge in [-0.1, -0.05) is 31.4 Å². The Balaban J connectivity index is 1.79. The van der Waals surface area contributed by atoms with Crippen molar-refractivity contribution in [3.05, 3.63) is 35.4 Å². The van der Waals surface area contributed by atoms with Crippen LogP contribution < -0.4 is 5.32 Å². The molecule has 0 amide bonds. The topological polar surface area (TPSA) is 12.0 Å². The molecular formula is C17H23F2N. The van der Waals surface area contributed by atoms with E-state index in [9.17, 15) is 8.78 Å². The van der Waals surface area contributed by atoms with Gasteiger partial charge in [-0.15, -0.1) is 0 Å². The largest absolute Gasteiger partial charge is 0.314 e. The highest BCUT2D eigenvalue weighted by Gasteiger charge is 2.30. The first-order valence-corrected chi connectivity index (χ1v) is 7.93. The number of nitrogens with one attached hydrogen (secondary N) is 1. The van der Waals surface area contributed by atoms with Gasteiger partial charge in [0.2, 0.25) is 0 Å². The lowest BCUT2D eigenvalue weighted by molar-refractivity contribution is 0.360. The van der Waals surface area contributed by atoms with Crippen molar-refractivity contribution in [2.45, 2.75) is 56.9 Å². The number of benzene rings is 1. The Labute approximate surface area is 119 Å². The molecule has 20 heavy (non-hydrogen) atoms. The second-order valence-corrected chi connectivity index (χ2v) is 6.33. The first-order chi connectivity index (χ1) is 9.75. The summed E-state index contributed by atoms with van der Waals surface area (Å²) in [6.45, 7) is 0.950. The third-order valence-corrected chi connectivity index (χ3v) is 4.79. The molecule has 0 heterocycles. The Kier molecular flexibility index (Phi) is 4.35. The lowest BCUT2D eigenvalue weighted by atomic mass is 9.82. The van der Waals surface area contributed by atoms with Crippen LogP contribution in [-0.4, -0.2) is 12.6 Å². The zero-order chi connectivity index (χ0) is 13.9. The summed E-state index contributed by atoms with van der Waals surface area (Å²) in [7, 11) is 0. The highest BCUT2D eigenvalue weighted by atomic mass is 19.2. The van der Waals surface area contributed by atoms with E-state index in [-0.39, 0.29) is 5.92 Å². The zero-order valence-electron chi connectivity index (χ0n) is 11.9. The average Bonchev–Trinajstić information content (AvgIpc) is 3.26. The maximum Gasteiger partial charge on any atom is 0.162 e. The summed E-state index contributed by atoms with van der Waals surface area (Å²) in [6.07, 6.45) is 8.20. The first kappa shape index (κ1) is 14.0. The molecule has 2 aliphatic carbocycles. The summed E-state index contributed by atoms with van der Waals surface area (Å²) < 4.78 is 27.6. The number of hydrogen-bond acceptors (Lipinski definition) is 1. The second kappa shape index (κ2) is 6.21. The van der Waals surface area contributed by atoms with Crippen LogP contribution in [0.15, 0.2) is 18.2 Å². The fourth-order valence-corrected chi connectivity index (χ4v) is 3.45. The zero-order valence-corrected chi connectivity index (χ0v) is 11.9. The van der Waals surface area contributed by atoms with Gasteiger partial charge in [-0.05, 0) is 55.7 Å². The maximum atomic E-state index is 14.1. The Morgan fingerprint density at radius 1 is 1.00 bits per heavy atom. The van der Waals surface area contributed by atoms with Crippen LogP contribution in [-0.2, 0) is 0 Å². The minimum absolute atomic E-state index is 0.166. The van der Waals surface area contributed by atoms with Crippen LogP contribution >= 0.6 is 0 Å². The molecule has 0 bridgehead atoms. The Hall–Kier alpha value is -0.960. The number of hydrogen-bond donors (Lipinski definition) is 1. The third kappa shape index (κ3) is 3.20. The monoisotopic (exact) mass is 279 g/mol. The van der Waals surface area contributed by atoms with Crippen molar-refractivity contribution in [3.8, 4) is 0 Å². The molecule has 0 aromatic heterocycles. The van der Waals surface area contributed by atoms with Crippen LogP contribution in [0.25, 0.3) is 0 Å². The predicted octanol–water partition coefficient (Wildman–Crippen LogP) is 4.38. The van der Waals surface area contributed by atoms with Crippen molar-refractivity contribution in [2.24, 2.45) is 5.92 Å². The lowest BCUT2D eigenvalue weighted by Crippen LogP contribution is -2.28. The summed E-state index contributed by atoms with van der Waals surface area (Å²) in [4.78, 5) is 0. The molecule has 1 N–H and O–H groups in total. The van der Waals surface area contributed by atoms with E-state index in [2.05, 4.69) is 5.32 Å². The van der Waals surface area contributed by atoms with Gasteiger partial charge in [-0.3, -0.25) is 0 Å². The Bertz CT molecular complexity index is 456. The molecule has 1 aromatic rings. The van der Waals surface area contributed by atoms with Crippen molar-refractivity contribution in [2.75, 3.05) is 6.54 Å². The van der Waals surface area contributed by atoms with Gasteiger partial charge in [0.05, 0.1) is 0 Å². The van der Waals surface area contributed by atoms with Gasteiger partial charge >= 0.3 is 0 Å². The minimum Gasteiger partial charge on any atom is -0.314 e. The van der Waals surface area contributed by atoms with Crippen LogP contribution in [0.2, 0.25) is 0 Å². The van der Waals surface area contributed by atoms with E-state index in [1.807, 2.05) is 0 Å².